The summed E-state index contributed by atoms with van der Waals surface area (Å²) >= 11 is 0. The summed E-state index contributed by atoms with van der Waals surface area (Å²) in [6.45, 7) is 0. The lowest BCUT2D eigenvalue weighted by Gasteiger charge is -2.29. The van der Waals surface area contributed by atoms with Crippen molar-refractivity contribution in [3.05, 3.63) is 61.2 Å². The van der Waals surface area contributed by atoms with Crippen LogP contribution in [0.4, 0.5) is 18.9 Å². The number of carbonyl (C=O) groups is 1. The van der Waals surface area contributed by atoms with E-state index in [4.69, 9.17) is 0 Å². The van der Waals surface area contributed by atoms with Gasteiger partial charge in [-0.05, 0) is 24.3 Å². The number of alkyl halides is 3. The number of imidazole rings is 2. The van der Waals surface area contributed by atoms with Gasteiger partial charge in [-0.25, -0.2) is 9.97 Å². The molecule has 0 aliphatic rings. The average molecular weight is 379 g/mol. The molecule has 10 heteroatoms. The lowest BCUT2D eigenvalue weighted by atomic mass is 9.97. The van der Waals surface area contributed by atoms with Crippen molar-refractivity contribution in [2.45, 2.75) is 18.2 Å². The maximum Gasteiger partial charge on any atom is 0.425 e. The Hall–Kier alpha value is -3.14. The largest absolute Gasteiger partial charge is 0.425 e. The number of hydrogen-bond donors (Lipinski definition) is 2. The van der Waals surface area contributed by atoms with Gasteiger partial charge in [-0.3, -0.25) is 4.79 Å². The maximum absolute atomic E-state index is 13.5. The molecule has 0 bridgehead atoms. The Kier molecular flexibility index (Phi) is 4.75. The van der Waals surface area contributed by atoms with Gasteiger partial charge in [0, 0.05) is 43.2 Å². The van der Waals surface area contributed by atoms with E-state index in [0.29, 0.717) is 5.69 Å². The van der Waals surface area contributed by atoms with Crippen LogP contribution in [-0.4, -0.2) is 36.3 Å². The van der Waals surface area contributed by atoms with Crippen molar-refractivity contribution < 1.29 is 23.1 Å². The van der Waals surface area contributed by atoms with Gasteiger partial charge in [0.1, 0.15) is 0 Å². The number of benzene rings is 1. The second kappa shape index (κ2) is 6.88. The molecule has 0 fully saturated rings. The molecule has 1 aromatic carbocycles. The molecule has 0 spiro atoms. The smallest absolute Gasteiger partial charge is 0.374 e. The number of amides is 1. The van der Waals surface area contributed by atoms with Crippen molar-refractivity contribution in [3.8, 4) is 5.69 Å². The number of anilines is 1. The first kappa shape index (κ1) is 18.6. The van der Waals surface area contributed by atoms with E-state index in [9.17, 15) is 23.1 Å². The Bertz CT molecular complexity index is 919. The topological polar surface area (TPSA) is 85.0 Å². The molecule has 7 nitrogen and oxygen atoms in total. The number of aliphatic hydroxyl groups is 1. The molecule has 1 atom stereocenters. The number of aromatic nitrogens is 4. The SMILES string of the molecule is Cn1ccnc1C(O)(CC(=O)Nc1ccc(-n2ccnc2)cc1)C(F)(F)F. The minimum Gasteiger partial charge on any atom is -0.374 e. The van der Waals surface area contributed by atoms with Crippen LogP contribution in [-0.2, 0) is 17.4 Å². The highest BCUT2D eigenvalue weighted by atomic mass is 19.4. The van der Waals surface area contributed by atoms with Crippen molar-refractivity contribution in [3.63, 3.8) is 0 Å². The number of nitrogens with zero attached hydrogens (tertiary/aromatic N) is 4. The van der Waals surface area contributed by atoms with Gasteiger partial charge >= 0.3 is 6.18 Å². The summed E-state index contributed by atoms with van der Waals surface area (Å²) in [5, 5.41) is 12.6. The molecule has 1 amide bonds. The fourth-order valence-electron chi connectivity index (χ4n) is 2.64. The molecule has 3 rings (SSSR count). The molecule has 2 aromatic heterocycles. The maximum atomic E-state index is 13.5. The highest BCUT2D eigenvalue weighted by molar-refractivity contribution is 5.91. The summed E-state index contributed by atoms with van der Waals surface area (Å²) in [6.07, 6.45) is 1.01. The fraction of sp³-hybridized carbons (Fsp3) is 0.235. The Morgan fingerprint density at radius 2 is 1.89 bits per heavy atom. The summed E-state index contributed by atoms with van der Waals surface area (Å²) in [5.74, 6) is -1.64. The van der Waals surface area contributed by atoms with Crippen LogP contribution in [0.2, 0.25) is 0 Å². The number of nitrogens with one attached hydrogen (secondary N) is 1. The molecular formula is C17H16F3N5O2. The molecule has 2 N–H and O–H groups in total. The van der Waals surface area contributed by atoms with Crippen molar-refractivity contribution in [1.29, 1.82) is 0 Å². The van der Waals surface area contributed by atoms with Crippen LogP contribution in [0.3, 0.4) is 0 Å². The van der Waals surface area contributed by atoms with Crippen molar-refractivity contribution in [2.75, 3.05) is 5.32 Å². The number of rotatable bonds is 5. The van der Waals surface area contributed by atoms with Crippen LogP contribution in [0.25, 0.3) is 5.69 Å². The summed E-state index contributed by atoms with van der Waals surface area (Å²) in [5.41, 5.74) is -2.33. The molecule has 0 radical (unpaired) electrons. The summed E-state index contributed by atoms with van der Waals surface area (Å²) in [6, 6.07) is 6.43. The van der Waals surface area contributed by atoms with Crippen LogP contribution in [0.1, 0.15) is 12.2 Å². The number of halogens is 3. The van der Waals surface area contributed by atoms with E-state index in [-0.39, 0.29) is 0 Å². The molecular weight excluding hydrogens is 363 g/mol. The van der Waals surface area contributed by atoms with Gasteiger partial charge in [-0.2, -0.15) is 13.2 Å². The highest BCUT2D eigenvalue weighted by Gasteiger charge is 2.58. The summed E-state index contributed by atoms with van der Waals surface area (Å²) in [7, 11) is 1.31. The Morgan fingerprint density at radius 3 is 2.41 bits per heavy atom. The van der Waals surface area contributed by atoms with Gasteiger partial charge in [0.05, 0.1) is 12.7 Å². The first-order chi connectivity index (χ1) is 12.7. The molecule has 0 saturated heterocycles. The standard InChI is InChI=1S/C17H16F3N5O2/c1-24-8-7-22-15(24)16(27,17(18,19)20)10-14(26)23-12-2-4-13(5-3-12)25-9-6-21-11-25/h2-9,11,27H,10H2,1H3,(H,23,26). The highest BCUT2D eigenvalue weighted by Crippen LogP contribution is 2.40. The molecule has 0 saturated carbocycles. The molecule has 2 heterocycles. The van der Waals surface area contributed by atoms with Crippen molar-refractivity contribution >= 4 is 11.6 Å². The molecule has 0 aliphatic carbocycles. The average Bonchev–Trinajstić information content (AvgIpc) is 3.26. The molecule has 3 aromatic rings. The minimum absolute atomic E-state index is 0.299. The lowest BCUT2D eigenvalue weighted by molar-refractivity contribution is -0.270. The van der Waals surface area contributed by atoms with E-state index in [2.05, 4.69) is 15.3 Å². The molecule has 0 aliphatic heterocycles. The van der Waals surface area contributed by atoms with Gasteiger partial charge in [-0.1, -0.05) is 0 Å². The molecule has 142 valence electrons. The van der Waals surface area contributed by atoms with Gasteiger partial charge in [0.15, 0.2) is 5.82 Å². The van der Waals surface area contributed by atoms with Crippen molar-refractivity contribution in [1.82, 2.24) is 19.1 Å². The zero-order valence-corrected chi connectivity index (χ0v) is 14.2. The van der Waals surface area contributed by atoms with Gasteiger partial charge in [0.2, 0.25) is 11.5 Å². The van der Waals surface area contributed by atoms with E-state index >= 15 is 0 Å². The second-order valence-electron chi connectivity index (χ2n) is 5.96. The Morgan fingerprint density at radius 1 is 1.19 bits per heavy atom. The lowest BCUT2D eigenvalue weighted by Crippen LogP contribution is -2.46. The van der Waals surface area contributed by atoms with E-state index in [1.54, 1.807) is 47.6 Å². The fourth-order valence-corrected chi connectivity index (χ4v) is 2.64. The third-order valence-corrected chi connectivity index (χ3v) is 4.03. The monoisotopic (exact) mass is 379 g/mol. The van der Waals surface area contributed by atoms with Crippen molar-refractivity contribution in [2.24, 2.45) is 7.05 Å². The zero-order chi connectivity index (χ0) is 19.7. The molecule has 27 heavy (non-hydrogen) atoms. The normalized spacial score (nSPS) is 14.0. The summed E-state index contributed by atoms with van der Waals surface area (Å²) < 4.78 is 43.2. The van der Waals surface area contributed by atoms with E-state index in [1.807, 2.05) is 0 Å². The first-order valence-corrected chi connectivity index (χ1v) is 7.86. The van der Waals surface area contributed by atoms with Crippen LogP contribution < -0.4 is 5.32 Å². The van der Waals surface area contributed by atoms with E-state index < -0.39 is 29.9 Å². The van der Waals surface area contributed by atoms with Gasteiger partial charge < -0.3 is 19.6 Å². The van der Waals surface area contributed by atoms with E-state index in [1.165, 1.54) is 13.2 Å². The Labute approximate surface area is 152 Å². The predicted octanol–water partition coefficient (Wildman–Crippen LogP) is 2.38. The van der Waals surface area contributed by atoms with Crippen LogP contribution in [0.5, 0.6) is 0 Å². The predicted molar refractivity (Wildman–Crippen MR) is 90.0 cm³/mol. The van der Waals surface area contributed by atoms with Crippen LogP contribution in [0, 0.1) is 0 Å². The van der Waals surface area contributed by atoms with E-state index in [0.717, 1.165) is 16.5 Å². The van der Waals surface area contributed by atoms with Gasteiger partial charge in [0.25, 0.3) is 0 Å². The van der Waals surface area contributed by atoms with Crippen LogP contribution >= 0.6 is 0 Å². The summed E-state index contributed by atoms with van der Waals surface area (Å²) in [4.78, 5) is 19.6. The second-order valence-corrected chi connectivity index (χ2v) is 5.96. The third kappa shape index (κ3) is 3.70. The Balaban J connectivity index is 1.76. The van der Waals surface area contributed by atoms with Crippen LogP contribution in [0.15, 0.2) is 55.4 Å². The third-order valence-electron chi connectivity index (χ3n) is 4.03. The number of hydrogen-bond acceptors (Lipinski definition) is 4. The number of aryl methyl sites for hydroxylation is 1. The van der Waals surface area contributed by atoms with Gasteiger partial charge in [-0.15, -0.1) is 0 Å². The molecule has 1 unspecified atom stereocenters. The first-order valence-electron chi connectivity index (χ1n) is 7.86. The minimum atomic E-state index is -5.07. The zero-order valence-electron chi connectivity index (χ0n) is 14.2. The quantitative estimate of drug-likeness (QED) is 0.713. The number of carbonyl (C=O) groups excluding carboxylic acids is 1.